The van der Waals surface area contributed by atoms with Crippen LogP contribution in [0.25, 0.3) is 6.08 Å². The quantitative estimate of drug-likeness (QED) is 0.418. The molecule has 8 heteroatoms. The Morgan fingerprint density at radius 1 is 1.26 bits per heavy atom. The molecule has 0 bridgehead atoms. The molecule has 0 amide bonds. The number of ether oxygens (including phenoxy) is 2. The summed E-state index contributed by atoms with van der Waals surface area (Å²) in [6, 6.07) is 13.2. The second-order valence-corrected chi connectivity index (χ2v) is 8.58. The molecule has 174 valence electrons. The van der Waals surface area contributed by atoms with Crippen LogP contribution in [-0.2, 0) is 9.53 Å². The van der Waals surface area contributed by atoms with Crippen LogP contribution in [0.15, 0.2) is 82.2 Å². The Bertz CT molecular complexity index is 1450. The Kier molecular flexibility index (Phi) is 6.79. The number of thiazole rings is 1. The zero-order chi connectivity index (χ0) is 24.2. The summed E-state index contributed by atoms with van der Waals surface area (Å²) in [6.07, 6.45) is 3.36. The summed E-state index contributed by atoms with van der Waals surface area (Å²) < 4.78 is 12.9. The van der Waals surface area contributed by atoms with Crippen molar-refractivity contribution >= 4 is 23.4 Å². The molecule has 0 saturated heterocycles. The average molecular weight is 477 g/mol. The topological polar surface area (TPSA) is 90.1 Å². The first kappa shape index (κ1) is 23.3. The van der Waals surface area contributed by atoms with E-state index in [9.17, 15) is 14.7 Å². The molecular formula is C26H24N2O5S. The van der Waals surface area contributed by atoms with Crippen molar-refractivity contribution < 1.29 is 19.4 Å². The minimum absolute atomic E-state index is 0.110. The van der Waals surface area contributed by atoms with Gasteiger partial charge in [0.2, 0.25) is 0 Å². The van der Waals surface area contributed by atoms with Gasteiger partial charge in [-0.3, -0.25) is 9.36 Å². The summed E-state index contributed by atoms with van der Waals surface area (Å²) in [7, 11) is 0. The molecular weight excluding hydrogens is 452 g/mol. The van der Waals surface area contributed by atoms with E-state index in [-0.39, 0.29) is 17.9 Å². The van der Waals surface area contributed by atoms with E-state index < -0.39 is 12.0 Å². The molecule has 1 aliphatic heterocycles. The zero-order valence-corrected chi connectivity index (χ0v) is 19.7. The van der Waals surface area contributed by atoms with E-state index in [0.717, 1.165) is 5.56 Å². The first-order chi connectivity index (χ1) is 16.4. The van der Waals surface area contributed by atoms with Crippen LogP contribution >= 0.6 is 11.3 Å². The molecule has 7 nitrogen and oxygen atoms in total. The summed E-state index contributed by atoms with van der Waals surface area (Å²) in [5.41, 5.74) is 1.96. The van der Waals surface area contributed by atoms with Crippen LogP contribution in [0.4, 0.5) is 0 Å². The number of aromatic nitrogens is 1. The van der Waals surface area contributed by atoms with Crippen LogP contribution < -0.4 is 19.6 Å². The van der Waals surface area contributed by atoms with E-state index >= 15 is 0 Å². The molecule has 0 saturated carbocycles. The largest absolute Gasteiger partial charge is 0.508 e. The SMILES string of the molecule is C=CCOc1ccc(C2C(C(=O)OCC)=C(C)N=c3s/c(=C\c4cccc(O)c4)c(=O)n32)cc1. The van der Waals surface area contributed by atoms with Gasteiger partial charge in [0.15, 0.2) is 4.80 Å². The summed E-state index contributed by atoms with van der Waals surface area (Å²) in [5, 5.41) is 9.78. The summed E-state index contributed by atoms with van der Waals surface area (Å²) in [6.45, 7) is 7.70. The van der Waals surface area contributed by atoms with Crippen LogP contribution in [0, 0.1) is 0 Å². The van der Waals surface area contributed by atoms with Crippen molar-refractivity contribution in [3.05, 3.63) is 103 Å². The lowest BCUT2D eigenvalue weighted by atomic mass is 9.96. The molecule has 2 heterocycles. The first-order valence-corrected chi connectivity index (χ1v) is 11.6. The maximum atomic E-state index is 13.5. The number of allylic oxidation sites excluding steroid dienone is 1. The highest BCUT2D eigenvalue weighted by Crippen LogP contribution is 2.31. The van der Waals surface area contributed by atoms with Crippen molar-refractivity contribution in [2.45, 2.75) is 19.9 Å². The van der Waals surface area contributed by atoms with Crippen LogP contribution in [-0.4, -0.2) is 28.9 Å². The molecule has 0 radical (unpaired) electrons. The maximum absolute atomic E-state index is 13.5. The predicted molar refractivity (Wildman–Crippen MR) is 131 cm³/mol. The van der Waals surface area contributed by atoms with Gasteiger partial charge in [-0.05, 0) is 55.3 Å². The number of benzene rings is 2. The second kappa shape index (κ2) is 9.93. The van der Waals surface area contributed by atoms with Crippen molar-refractivity contribution in [3.63, 3.8) is 0 Å². The Morgan fingerprint density at radius 2 is 2.03 bits per heavy atom. The Hall–Kier alpha value is -3.91. The highest BCUT2D eigenvalue weighted by atomic mass is 32.1. The fraction of sp³-hybridized carbons (Fsp3) is 0.192. The normalized spacial score (nSPS) is 15.5. The van der Waals surface area contributed by atoms with Crippen LogP contribution in [0.3, 0.4) is 0 Å². The van der Waals surface area contributed by atoms with Gasteiger partial charge >= 0.3 is 5.97 Å². The van der Waals surface area contributed by atoms with Gasteiger partial charge in [-0.25, -0.2) is 9.79 Å². The number of fused-ring (bicyclic) bond motifs is 1. The molecule has 1 unspecified atom stereocenters. The molecule has 1 atom stereocenters. The number of rotatable bonds is 7. The third-order valence-electron chi connectivity index (χ3n) is 5.25. The fourth-order valence-electron chi connectivity index (χ4n) is 3.77. The van der Waals surface area contributed by atoms with Gasteiger partial charge in [0.1, 0.15) is 18.1 Å². The molecule has 0 spiro atoms. The summed E-state index contributed by atoms with van der Waals surface area (Å²) in [4.78, 5) is 31.5. The van der Waals surface area contributed by atoms with Crippen molar-refractivity contribution in [1.82, 2.24) is 4.57 Å². The number of esters is 1. The minimum Gasteiger partial charge on any atom is -0.508 e. The standard InChI is InChI=1S/C26H24N2O5S/c1-4-13-33-20-11-9-18(10-12-20)23-22(25(31)32-5-2)16(3)27-26-28(23)24(30)21(34-26)15-17-7-6-8-19(29)14-17/h4,6-12,14-15,23,29H,1,5,13H2,2-3H3/b21-15-. The monoisotopic (exact) mass is 476 g/mol. The van der Waals surface area contributed by atoms with Crippen LogP contribution in [0.1, 0.15) is 31.0 Å². The van der Waals surface area contributed by atoms with E-state index in [1.807, 2.05) is 12.1 Å². The summed E-state index contributed by atoms with van der Waals surface area (Å²) >= 11 is 1.23. The molecule has 4 rings (SSSR count). The third kappa shape index (κ3) is 4.58. The molecule has 1 N–H and O–H groups in total. The van der Waals surface area contributed by atoms with Crippen molar-refractivity contribution in [2.75, 3.05) is 13.2 Å². The van der Waals surface area contributed by atoms with Gasteiger partial charge in [-0.15, -0.1) is 0 Å². The highest BCUT2D eigenvalue weighted by molar-refractivity contribution is 7.07. The zero-order valence-electron chi connectivity index (χ0n) is 18.9. The van der Waals surface area contributed by atoms with Gasteiger partial charge in [-0.1, -0.05) is 48.3 Å². The van der Waals surface area contributed by atoms with Crippen molar-refractivity contribution in [2.24, 2.45) is 4.99 Å². The molecule has 2 aromatic carbocycles. The first-order valence-electron chi connectivity index (χ1n) is 10.7. The third-order valence-corrected chi connectivity index (χ3v) is 6.23. The van der Waals surface area contributed by atoms with Crippen molar-refractivity contribution in [1.29, 1.82) is 0 Å². The van der Waals surface area contributed by atoms with Crippen LogP contribution in [0.5, 0.6) is 11.5 Å². The highest BCUT2D eigenvalue weighted by Gasteiger charge is 2.33. The van der Waals surface area contributed by atoms with Crippen molar-refractivity contribution in [3.8, 4) is 11.5 Å². The number of nitrogens with zero attached hydrogens (tertiary/aromatic N) is 2. The summed E-state index contributed by atoms with van der Waals surface area (Å²) in [5.74, 6) is 0.250. The number of carbonyl (C=O) groups is 1. The minimum atomic E-state index is -0.699. The average Bonchev–Trinajstić information content (AvgIpc) is 3.11. The Labute approximate surface area is 200 Å². The van der Waals surface area contributed by atoms with E-state index in [1.54, 1.807) is 62.4 Å². The molecule has 0 aliphatic carbocycles. The number of aromatic hydroxyl groups is 1. The Balaban J connectivity index is 1.89. The molecule has 3 aromatic rings. The van der Waals surface area contributed by atoms with Gasteiger partial charge < -0.3 is 14.6 Å². The fourth-order valence-corrected chi connectivity index (χ4v) is 4.82. The van der Waals surface area contributed by atoms with E-state index in [0.29, 0.717) is 38.5 Å². The van der Waals surface area contributed by atoms with Gasteiger partial charge in [-0.2, -0.15) is 0 Å². The lowest BCUT2D eigenvalue weighted by Gasteiger charge is -2.24. The smallest absolute Gasteiger partial charge is 0.338 e. The maximum Gasteiger partial charge on any atom is 0.338 e. The predicted octanol–water partition coefficient (Wildman–Crippen LogP) is 3.07. The number of carbonyl (C=O) groups excluding carboxylic acids is 1. The molecule has 0 fully saturated rings. The lowest BCUT2D eigenvalue weighted by molar-refractivity contribution is -0.139. The lowest BCUT2D eigenvalue weighted by Crippen LogP contribution is -2.39. The van der Waals surface area contributed by atoms with Gasteiger partial charge in [0, 0.05) is 0 Å². The van der Waals surface area contributed by atoms with Gasteiger partial charge in [0.05, 0.1) is 28.5 Å². The van der Waals surface area contributed by atoms with E-state index in [2.05, 4.69) is 11.6 Å². The van der Waals surface area contributed by atoms with E-state index in [4.69, 9.17) is 9.47 Å². The van der Waals surface area contributed by atoms with Crippen LogP contribution in [0.2, 0.25) is 0 Å². The molecule has 1 aromatic heterocycles. The van der Waals surface area contributed by atoms with Gasteiger partial charge in [0.25, 0.3) is 5.56 Å². The van der Waals surface area contributed by atoms with E-state index in [1.165, 1.54) is 15.9 Å². The number of hydrogen-bond donors (Lipinski definition) is 1. The number of hydrogen-bond acceptors (Lipinski definition) is 7. The molecule has 34 heavy (non-hydrogen) atoms. The number of phenolic OH excluding ortho intramolecular Hbond substituents is 1. The second-order valence-electron chi connectivity index (χ2n) is 7.57. The number of phenols is 1. The Morgan fingerprint density at radius 3 is 2.71 bits per heavy atom. The molecule has 1 aliphatic rings.